The molecule has 9 N–H and O–H groups in total. The van der Waals surface area contributed by atoms with Crippen LogP contribution in [0.5, 0.6) is 0 Å². The smallest absolute Gasteiger partial charge is 0.220 e. The molecule has 0 aromatic rings. The quantitative estimate of drug-likeness (QED) is 0.0205. The van der Waals surface area contributed by atoms with Crippen LogP contribution in [0.4, 0.5) is 0 Å². The van der Waals surface area contributed by atoms with Gasteiger partial charge in [0.1, 0.15) is 48.8 Å². The Kier molecular flexibility index (Phi) is 42.5. The van der Waals surface area contributed by atoms with Crippen LogP contribution < -0.4 is 5.32 Å². The van der Waals surface area contributed by atoms with Crippen LogP contribution in [-0.2, 0) is 23.7 Å². The Labute approximate surface area is 458 Å². The molecule has 2 fully saturated rings. The van der Waals surface area contributed by atoms with Crippen LogP contribution in [0.2, 0.25) is 0 Å². The van der Waals surface area contributed by atoms with Gasteiger partial charge in [-0.1, -0.05) is 201 Å². The fourth-order valence-electron chi connectivity index (χ4n) is 9.01. The SMILES string of the molecule is CC/C=C\C/C=C\C/C=C\C/C=C\C/C=C\C/C=C\CCCCCCCCCCCCCCCCC(=O)NC(COC1OC(CO)C(OC2OC(CO)C(O)C(O)C2O)C(O)C1O)C(O)/C=C/CC/C=C/CCCCC. The van der Waals surface area contributed by atoms with Crippen molar-refractivity contribution in [1.29, 1.82) is 0 Å². The minimum atomic E-state index is -1.79. The highest BCUT2D eigenvalue weighted by atomic mass is 16.7. The summed E-state index contributed by atoms with van der Waals surface area (Å²) in [6.45, 7) is 2.58. The number of hydrogen-bond acceptors (Lipinski definition) is 13. The maximum atomic E-state index is 13.2. The van der Waals surface area contributed by atoms with E-state index in [0.717, 1.165) is 77.0 Å². The van der Waals surface area contributed by atoms with Crippen LogP contribution in [-0.4, -0.2) is 140 Å². The van der Waals surface area contributed by atoms with Crippen LogP contribution in [0.25, 0.3) is 0 Å². The lowest BCUT2D eigenvalue weighted by molar-refractivity contribution is -0.359. The molecular weight excluding hydrogens is 967 g/mol. The summed E-state index contributed by atoms with van der Waals surface area (Å²) in [5, 5.41) is 86.7. The lowest BCUT2D eigenvalue weighted by atomic mass is 9.97. The largest absolute Gasteiger partial charge is 0.394 e. The monoisotopic (exact) mass is 1070 g/mol. The summed E-state index contributed by atoms with van der Waals surface area (Å²) in [6, 6.07) is -0.934. The molecule has 14 nitrogen and oxygen atoms in total. The Bertz CT molecular complexity index is 1640. The number of hydrogen-bond donors (Lipinski definition) is 9. The standard InChI is InChI=1S/C62H105NO13/c1-3-5-7-9-11-13-14-15-16-17-18-19-20-21-22-23-24-25-26-27-28-29-30-31-32-33-34-35-36-38-40-42-44-46-54(67)63-50(51(66)45-43-41-39-37-12-10-8-6-4-2)49-73-61-59(72)57(70)60(53(48-65)75-61)76-62-58(71)56(69)55(68)52(47-64)74-62/h5,7,11-13,15-16,18-19,21-22,24-25,37,43,45,50-53,55-62,64-66,68-72H,3-4,6,8-10,14,17,20,23,26-36,38-42,44,46-49H2,1-2H3,(H,63,67)/b7-5-,13-11-,16-15-,19-18-,22-21-,25-24-,37-12+,45-43+. The third-order valence-electron chi connectivity index (χ3n) is 13.8. The van der Waals surface area contributed by atoms with E-state index in [1.54, 1.807) is 6.08 Å². The molecule has 2 aliphatic heterocycles. The number of ether oxygens (including phenoxy) is 4. The van der Waals surface area contributed by atoms with E-state index in [9.17, 15) is 45.6 Å². The van der Waals surface area contributed by atoms with Gasteiger partial charge in [-0.3, -0.25) is 4.79 Å². The molecular formula is C62H105NO13. The minimum absolute atomic E-state index is 0.257. The third kappa shape index (κ3) is 32.1. The number of unbranched alkanes of at least 4 members (excludes halogenated alkanes) is 18. The Morgan fingerprint density at radius 2 is 0.921 bits per heavy atom. The molecule has 0 aromatic heterocycles. The van der Waals surface area contributed by atoms with Gasteiger partial charge in [-0.05, 0) is 83.5 Å². The minimum Gasteiger partial charge on any atom is -0.394 e. The van der Waals surface area contributed by atoms with Crippen LogP contribution in [0, 0.1) is 0 Å². The molecule has 0 saturated carbocycles. The first kappa shape index (κ1) is 69.0. The van der Waals surface area contributed by atoms with Gasteiger partial charge in [0.25, 0.3) is 0 Å². The topological polar surface area (TPSA) is 228 Å². The van der Waals surface area contributed by atoms with E-state index in [-0.39, 0.29) is 18.9 Å². The average molecular weight is 1070 g/mol. The Morgan fingerprint density at radius 3 is 1.45 bits per heavy atom. The Hall–Kier alpha value is -3.09. The van der Waals surface area contributed by atoms with E-state index >= 15 is 0 Å². The lowest BCUT2D eigenvalue weighted by Gasteiger charge is -2.46. The maximum Gasteiger partial charge on any atom is 0.220 e. The van der Waals surface area contributed by atoms with Gasteiger partial charge in [0.05, 0.1) is 32.0 Å². The average Bonchev–Trinajstić information content (AvgIpc) is 3.42. The summed E-state index contributed by atoms with van der Waals surface area (Å²) in [7, 11) is 0. The highest BCUT2D eigenvalue weighted by molar-refractivity contribution is 5.76. The highest BCUT2D eigenvalue weighted by Gasteiger charge is 2.51. The zero-order valence-electron chi connectivity index (χ0n) is 46.7. The number of carbonyl (C=O) groups excluding carboxylic acids is 1. The van der Waals surface area contributed by atoms with Crippen LogP contribution in [0.3, 0.4) is 0 Å². The molecule has 14 heteroatoms. The molecule has 0 spiro atoms. The number of amides is 1. The summed E-state index contributed by atoms with van der Waals surface area (Å²) in [5.74, 6) is -0.257. The van der Waals surface area contributed by atoms with Crippen molar-refractivity contribution in [1.82, 2.24) is 5.32 Å². The van der Waals surface area contributed by atoms with Crippen molar-refractivity contribution in [3.8, 4) is 0 Å². The van der Waals surface area contributed by atoms with Crippen molar-refractivity contribution in [3.05, 3.63) is 97.2 Å². The molecule has 0 bridgehead atoms. The van der Waals surface area contributed by atoms with Gasteiger partial charge in [-0.25, -0.2) is 0 Å². The van der Waals surface area contributed by atoms with E-state index < -0.39 is 86.8 Å². The van der Waals surface area contributed by atoms with Crippen LogP contribution in [0.15, 0.2) is 97.2 Å². The molecule has 12 unspecified atom stereocenters. The lowest BCUT2D eigenvalue weighted by Crippen LogP contribution is -2.65. The second kappa shape index (κ2) is 46.8. The second-order valence-electron chi connectivity index (χ2n) is 20.4. The van der Waals surface area contributed by atoms with Gasteiger partial charge < -0.3 is 65.1 Å². The molecule has 76 heavy (non-hydrogen) atoms. The first-order valence-electron chi connectivity index (χ1n) is 29.5. The number of carbonyl (C=O) groups is 1. The summed E-state index contributed by atoms with van der Waals surface area (Å²) in [4.78, 5) is 13.2. The van der Waals surface area contributed by atoms with Gasteiger partial charge in [-0.2, -0.15) is 0 Å². The van der Waals surface area contributed by atoms with Gasteiger partial charge in [0.15, 0.2) is 12.6 Å². The summed E-state index contributed by atoms with van der Waals surface area (Å²) in [5.41, 5.74) is 0. The van der Waals surface area contributed by atoms with E-state index in [2.05, 4.69) is 104 Å². The zero-order valence-corrected chi connectivity index (χ0v) is 46.7. The molecule has 12 atom stereocenters. The first-order valence-corrected chi connectivity index (χ1v) is 29.5. The summed E-state index contributed by atoms with van der Waals surface area (Å²) in [6.07, 6.45) is 47.7. The van der Waals surface area contributed by atoms with Crippen molar-refractivity contribution in [2.75, 3.05) is 19.8 Å². The van der Waals surface area contributed by atoms with Gasteiger partial charge in [0.2, 0.25) is 5.91 Å². The predicted octanol–water partition coefficient (Wildman–Crippen LogP) is 9.88. The van der Waals surface area contributed by atoms with Gasteiger partial charge in [-0.15, -0.1) is 0 Å². The molecule has 0 radical (unpaired) electrons. The number of aliphatic hydroxyl groups excluding tert-OH is 8. The highest BCUT2D eigenvalue weighted by Crippen LogP contribution is 2.30. The number of rotatable bonds is 45. The normalized spacial score (nSPS) is 25.6. The fraction of sp³-hybridized carbons (Fsp3) is 0.726. The van der Waals surface area contributed by atoms with Crippen molar-refractivity contribution < 1.29 is 64.6 Å². The van der Waals surface area contributed by atoms with Crippen LogP contribution in [0.1, 0.15) is 194 Å². The van der Waals surface area contributed by atoms with Crippen LogP contribution >= 0.6 is 0 Å². The molecule has 2 heterocycles. The summed E-state index contributed by atoms with van der Waals surface area (Å²) < 4.78 is 22.7. The summed E-state index contributed by atoms with van der Waals surface area (Å²) >= 11 is 0. The fourth-order valence-corrected chi connectivity index (χ4v) is 9.01. The Balaban J connectivity index is 1.63. The number of aliphatic hydroxyl groups is 8. The molecule has 1 amide bonds. The molecule has 0 aliphatic carbocycles. The van der Waals surface area contributed by atoms with E-state index in [0.29, 0.717) is 12.8 Å². The maximum absolute atomic E-state index is 13.2. The van der Waals surface area contributed by atoms with Crippen molar-refractivity contribution >= 4 is 5.91 Å². The zero-order chi connectivity index (χ0) is 55.3. The van der Waals surface area contributed by atoms with Crippen molar-refractivity contribution in [2.45, 2.75) is 267 Å². The molecule has 2 aliphatic rings. The molecule has 2 rings (SSSR count). The van der Waals surface area contributed by atoms with Crippen molar-refractivity contribution in [3.63, 3.8) is 0 Å². The van der Waals surface area contributed by atoms with E-state index in [1.807, 2.05) is 6.08 Å². The molecule has 2 saturated heterocycles. The Morgan fingerprint density at radius 1 is 0.487 bits per heavy atom. The van der Waals surface area contributed by atoms with E-state index in [1.165, 1.54) is 83.5 Å². The van der Waals surface area contributed by atoms with Crippen molar-refractivity contribution in [2.24, 2.45) is 0 Å². The van der Waals surface area contributed by atoms with E-state index in [4.69, 9.17) is 18.9 Å². The second-order valence-corrected chi connectivity index (χ2v) is 20.4. The predicted molar refractivity (Wildman–Crippen MR) is 304 cm³/mol. The number of allylic oxidation sites excluding steroid dienone is 15. The van der Waals surface area contributed by atoms with Gasteiger partial charge >= 0.3 is 0 Å². The molecule has 436 valence electrons. The third-order valence-corrected chi connectivity index (χ3v) is 13.8. The number of nitrogens with one attached hydrogen (secondary N) is 1. The first-order chi connectivity index (χ1) is 37.1. The molecule has 0 aromatic carbocycles. The van der Waals surface area contributed by atoms with Gasteiger partial charge in [0, 0.05) is 6.42 Å².